The van der Waals surface area contributed by atoms with Crippen LogP contribution in [-0.2, 0) is 15.1 Å². The minimum absolute atomic E-state index is 0.0136. The molecule has 3 nitrogen and oxygen atoms in total. The molecule has 0 aliphatic rings. The van der Waals surface area contributed by atoms with Gasteiger partial charge in [-0.15, -0.1) is 0 Å². The van der Waals surface area contributed by atoms with Gasteiger partial charge in [0.15, 0.2) is 5.12 Å². The Morgan fingerprint density at radius 2 is 1.20 bits per heavy atom. The predicted octanol–water partition coefficient (Wildman–Crippen LogP) is 5.27. The summed E-state index contributed by atoms with van der Waals surface area (Å²) < 4.78 is 6.76. The maximum Gasteiger partial charge on any atom is 0.196 e. The Balaban J connectivity index is 2.09. The Hall–Kier alpha value is -2.40. The molecule has 3 aromatic rings. The molecule has 0 bridgehead atoms. The minimum atomic E-state index is -0.844. The zero-order valence-corrected chi connectivity index (χ0v) is 18.3. The average Bonchev–Trinajstić information content (AvgIpc) is 2.80. The number of thioether (sulfide) groups is 1. The Morgan fingerprint density at radius 1 is 0.800 bits per heavy atom. The minimum Gasteiger partial charge on any atom is -0.396 e. The van der Waals surface area contributed by atoms with E-state index in [9.17, 15) is 4.79 Å². The van der Waals surface area contributed by atoms with E-state index in [-0.39, 0.29) is 18.3 Å². The van der Waals surface area contributed by atoms with Gasteiger partial charge in [0, 0.05) is 5.75 Å². The molecule has 0 fully saturated rings. The van der Waals surface area contributed by atoms with Gasteiger partial charge in [-0.3, -0.25) is 4.79 Å². The van der Waals surface area contributed by atoms with Crippen LogP contribution in [0.15, 0.2) is 91.0 Å². The molecule has 30 heavy (non-hydrogen) atoms. The fraction of sp³-hybridized carbons (Fsp3) is 0.269. The molecule has 0 heterocycles. The normalized spacial score (nSPS) is 12.0. The average molecular weight is 421 g/mol. The van der Waals surface area contributed by atoms with Crippen molar-refractivity contribution < 1.29 is 14.6 Å². The summed E-state index contributed by atoms with van der Waals surface area (Å²) in [6.45, 7) is 4.01. The van der Waals surface area contributed by atoms with Crippen LogP contribution in [0.2, 0.25) is 0 Å². The van der Waals surface area contributed by atoms with E-state index in [2.05, 4.69) is 36.4 Å². The summed E-state index contributed by atoms with van der Waals surface area (Å²) in [5.41, 5.74) is 1.47. The highest BCUT2D eigenvalue weighted by molar-refractivity contribution is 8.13. The Morgan fingerprint density at radius 3 is 1.57 bits per heavy atom. The lowest BCUT2D eigenvalue weighted by Gasteiger charge is -2.38. The molecular weight excluding hydrogens is 392 g/mol. The Bertz CT molecular complexity index is 828. The second kappa shape index (κ2) is 10.1. The maximum atomic E-state index is 12.7. The van der Waals surface area contributed by atoms with Gasteiger partial charge in [0.2, 0.25) is 0 Å². The largest absolute Gasteiger partial charge is 0.396 e. The van der Waals surface area contributed by atoms with E-state index in [4.69, 9.17) is 9.84 Å². The molecule has 0 radical (unpaired) electrons. The smallest absolute Gasteiger partial charge is 0.196 e. The number of hydrogen-bond donors (Lipinski definition) is 1. The lowest BCUT2D eigenvalue weighted by atomic mass is 9.79. The van der Waals surface area contributed by atoms with Gasteiger partial charge in [-0.2, -0.15) is 0 Å². The summed E-state index contributed by atoms with van der Waals surface area (Å²) in [6, 6.07) is 30.4. The van der Waals surface area contributed by atoms with Gasteiger partial charge in [-0.1, -0.05) is 103 Å². The number of carbonyl (C=O) groups excluding carboxylic acids is 1. The standard InChI is InChI=1S/C26H28O3S/c1-25(2,24(28)30-19-18-27)20-29-26(21-12-6-3-7-13-21,22-14-8-4-9-15-22)23-16-10-5-11-17-23/h3-17,27H,18-20H2,1-2H3. The molecule has 3 rings (SSSR count). The molecule has 0 aliphatic carbocycles. The molecule has 3 aromatic carbocycles. The van der Waals surface area contributed by atoms with Gasteiger partial charge in [-0.25, -0.2) is 0 Å². The van der Waals surface area contributed by atoms with Crippen LogP contribution in [0.25, 0.3) is 0 Å². The van der Waals surface area contributed by atoms with Crippen LogP contribution < -0.4 is 0 Å². The SMILES string of the molecule is CC(C)(COC(c1ccccc1)(c1ccccc1)c1ccccc1)C(=O)SCCO. The van der Waals surface area contributed by atoms with Crippen molar-refractivity contribution in [3.63, 3.8) is 0 Å². The first-order chi connectivity index (χ1) is 14.5. The van der Waals surface area contributed by atoms with E-state index < -0.39 is 11.0 Å². The molecule has 4 heteroatoms. The van der Waals surface area contributed by atoms with E-state index >= 15 is 0 Å². The summed E-state index contributed by atoms with van der Waals surface area (Å²) in [7, 11) is 0. The lowest BCUT2D eigenvalue weighted by molar-refractivity contribution is -0.124. The van der Waals surface area contributed by atoms with Crippen LogP contribution >= 0.6 is 11.8 Å². The van der Waals surface area contributed by atoms with Crippen LogP contribution in [0.5, 0.6) is 0 Å². The molecule has 0 atom stereocenters. The van der Waals surface area contributed by atoms with Crippen LogP contribution in [-0.4, -0.2) is 29.2 Å². The van der Waals surface area contributed by atoms with Crippen molar-refractivity contribution in [2.24, 2.45) is 5.41 Å². The molecule has 1 N–H and O–H groups in total. The van der Waals surface area contributed by atoms with Crippen LogP contribution in [0, 0.1) is 5.41 Å². The van der Waals surface area contributed by atoms with Crippen molar-refractivity contribution in [1.82, 2.24) is 0 Å². The number of ether oxygens (including phenoxy) is 1. The highest BCUT2D eigenvalue weighted by Gasteiger charge is 2.40. The third-order valence-corrected chi connectivity index (χ3v) is 6.27. The Kier molecular flexibility index (Phi) is 7.48. The molecule has 0 aromatic heterocycles. The van der Waals surface area contributed by atoms with E-state index in [0.717, 1.165) is 28.5 Å². The maximum absolute atomic E-state index is 12.7. The summed E-state index contributed by atoms with van der Waals surface area (Å²) in [4.78, 5) is 12.7. The molecule has 0 saturated carbocycles. The zero-order valence-electron chi connectivity index (χ0n) is 17.5. The zero-order chi connectivity index (χ0) is 21.5. The topological polar surface area (TPSA) is 46.5 Å². The van der Waals surface area contributed by atoms with Crippen LogP contribution in [0.3, 0.4) is 0 Å². The molecule has 0 amide bonds. The third-order valence-electron chi connectivity index (χ3n) is 5.07. The van der Waals surface area contributed by atoms with Crippen molar-refractivity contribution in [2.45, 2.75) is 19.4 Å². The highest BCUT2D eigenvalue weighted by atomic mass is 32.2. The van der Waals surface area contributed by atoms with Crippen molar-refractivity contribution in [2.75, 3.05) is 19.0 Å². The number of aliphatic hydroxyl groups excluding tert-OH is 1. The highest BCUT2D eigenvalue weighted by Crippen LogP contribution is 2.42. The van der Waals surface area contributed by atoms with Gasteiger partial charge in [0.05, 0.1) is 18.6 Å². The molecule has 0 saturated heterocycles. The first kappa shape index (κ1) is 22.3. The van der Waals surface area contributed by atoms with Crippen LogP contribution in [0.1, 0.15) is 30.5 Å². The van der Waals surface area contributed by atoms with Crippen molar-refractivity contribution in [3.05, 3.63) is 108 Å². The number of rotatable bonds is 9. The van der Waals surface area contributed by atoms with Crippen molar-refractivity contribution in [3.8, 4) is 0 Å². The fourth-order valence-corrected chi connectivity index (χ4v) is 4.18. The summed E-state index contributed by atoms with van der Waals surface area (Å²) >= 11 is 1.15. The van der Waals surface area contributed by atoms with E-state index in [0.29, 0.717) is 5.75 Å². The first-order valence-corrected chi connectivity index (χ1v) is 11.1. The number of hydrogen-bond acceptors (Lipinski definition) is 4. The number of aliphatic hydroxyl groups is 1. The monoisotopic (exact) mass is 420 g/mol. The first-order valence-electron chi connectivity index (χ1n) is 10.1. The third kappa shape index (κ3) is 4.84. The summed E-state index contributed by atoms with van der Waals surface area (Å²) in [5.74, 6) is 0.392. The van der Waals surface area contributed by atoms with Gasteiger partial charge >= 0.3 is 0 Å². The van der Waals surface area contributed by atoms with E-state index in [1.807, 2.05) is 68.4 Å². The second-order valence-electron chi connectivity index (χ2n) is 7.81. The Labute approximate surface area is 183 Å². The van der Waals surface area contributed by atoms with Crippen LogP contribution in [0.4, 0.5) is 0 Å². The van der Waals surface area contributed by atoms with Gasteiger partial charge in [0.1, 0.15) is 5.60 Å². The van der Waals surface area contributed by atoms with E-state index in [1.165, 1.54) is 0 Å². The predicted molar refractivity (Wildman–Crippen MR) is 123 cm³/mol. The van der Waals surface area contributed by atoms with E-state index in [1.54, 1.807) is 0 Å². The summed E-state index contributed by atoms with van der Waals surface area (Å²) in [6.07, 6.45) is 0. The van der Waals surface area contributed by atoms with Gasteiger partial charge in [0.25, 0.3) is 0 Å². The molecular formula is C26H28O3S. The quantitative estimate of drug-likeness (QED) is 0.479. The number of carbonyl (C=O) groups is 1. The lowest BCUT2D eigenvalue weighted by Crippen LogP contribution is -2.38. The second-order valence-corrected chi connectivity index (χ2v) is 8.88. The van der Waals surface area contributed by atoms with Crippen molar-refractivity contribution in [1.29, 1.82) is 0 Å². The number of benzene rings is 3. The molecule has 0 aliphatic heterocycles. The fourth-order valence-electron chi connectivity index (χ4n) is 3.45. The molecule has 0 spiro atoms. The molecule has 0 unspecified atom stereocenters. The summed E-state index contributed by atoms with van der Waals surface area (Å²) in [5, 5.41) is 9.10. The van der Waals surface area contributed by atoms with Crippen molar-refractivity contribution >= 4 is 16.9 Å². The van der Waals surface area contributed by atoms with Gasteiger partial charge < -0.3 is 9.84 Å². The van der Waals surface area contributed by atoms with Gasteiger partial charge in [-0.05, 0) is 30.5 Å². The molecule has 156 valence electrons.